The number of phosphoric acid groups is 1. The number of anilines is 1. The number of ether oxygens (including phenoxy) is 1. The highest BCUT2D eigenvalue weighted by Crippen LogP contribution is 2.39. The molecule has 0 spiro atoms. The number of rotatable bonds is 4. The Morgan fingerprint density at radius 2 is 1.96 bits per heavy atom. The van der Waals surface area contributed by atoms with E-state index in [1.54, 1.807) is 0 Å². The van der Waals surface area contributed by atoms with Crippen LogP contribution in [0.1, 0.15) is 12.1 Å². The van der Waals surface area contributed by atoms with Crippen LogP contribution in [0.4, 0.5) is 19.0 Å². The molecule has 0 amide bonds. The molecule has 1 aliphatic heterocycles. The Morgan fingerprint density at radius 1 is 1.30 bits per heavy atom. The van der Waals surface area contributed by atoms with Gasteiger partial charge in [-0.05, 0) is 0 Å². The molecule has 1 aliphatic rings. The zero-order valence-corrected chi connectivity index (χ0v) is 13.9. The van der Waals surface area contributed by atoms with Crippen molar-refractivity contribution in [3.63, 3.8) is 0 Å². The number of nitrogens with zero attached hydrogens (tertiary/aromatic N) is 4. The maximum absolute atomic E-state index is 12.9. The number of halogens is 3. The zero-order chi connectivity index (χ0) is 20.1. The van der Waals surface area contributed by atoms with E-state index in [-0.39, 0.29) is 5.52 Å². The van der Waals surface area contributed by atoms with Crippen molar-refractivity contribution < 1.29 is 47.0 Å². The molecule has 4 atom stereocenters. The smallest absolute Gasteiger partial charge is 0.387 e. The molecule has 2 aromatic rings. The summed E-state index contributed by atoms with van der Waals surface area (Å²) in [5.41, 5.74) is 4.86. The molecule has 12 nitrogen and oxygen atoms in total. The Hall–Kier alpha value is -1.87. The summed E-state index contributed by atoms with van der Waals surface area (Å²) in [6.45, 7) is -0.781. The fraction of sp³-hybridized carbons (Fsp3) is 0.545. The van der Waals surface area contributed by atoms with Crippen LogP contribution in [0.2, 0.25) is 0 Å². The quantitative estimate of drug-likeness (QED) is 0.392. The molecule has 27 heavy (non-hydrogen) atoms. The monoisotopic (exact) mass is 415 g/mol. The predicted octanol–water partition coefficient (Wildman–Crippen LogP) is -0.844. The lowest BCUT2D eigenvalue weighted by molar-refractivity contribution is -0.144. The number of nitrogen functional groups attached to an aromatic ring is 1. The number of hydrogen-bond acceptors (Lipinski definition) is 9. The van der Waals surface area contributed by atoms with Gasteiger partial charge in [-0.15, -0.1) is 0 Å². The van der Waals surface area contributed by atoms with Gasteiger partial charge in [0, 0.05) is 0 Å². The van der Waals surface area contributed by atoms with Crippen LogP contribution < -0.4 is 5.73 Å². The average Bonchev–Trinajstić information content (AvgIpc) is 3.07. The van der Waals surface area contributed by atoms with Crippen molar-refractivity contribution in [2.75, 3.05) is 12.3 Å². The highest BCUT2D eigenvalue weighted by atomic mass is 31.2. The van der Waals surface area contributed by atoms with Crippen LogP contribution in [0.3, 0.4) is 0 Å². The van der Waals surface area contributed by atoms with Gasteiger partial charge in [0.1, 0.15) is 23.8 Å². The highest BCUT2D eigenvalue weighted by Gasteiger charge is 2.45. The zero-order valence-electron chi connectivity index (χ0n) is 13.1. The first kappa shape index (κ1) is 19.9. The van der Waals surface area contributed by atoms with Gasteiger partial charge in [-0.1, -0.05) is 0 Å². The number of nitrogens with two attached hydrogens (primary N) is 1. The van der Waals surface area contributed by atoms with Gasteiger partial charge < -0.3 is 30.5 Å². The fourth-order valence-electron chi connectivity index (χ4n) is 2.52. The van der Waals surface area contributed by atoms with Gasteiger partial charge in [0.05, 0.1) is 12.9 Å². The molecule has 150 valence electrons. The molecule has 0 aliphatic carbocycles. The van der Waals surface area contributed by atoms with Crippen LogP contribution >= 0.6 is 7.82 Å². The lowest BCUT2D eigenvalue weighted by Gasteiger charge is -2.17. The third kappa shape index (κ3) is 3.89. The van der Waals surface area contributed by atoms with Gasteiger partial charge in [0.15, 0.2) is 17.7 Å². The molecule has 6 N–H and O–H groups in total. The van der Waals surface area contributed by atoms with E-state index in [0.717, 1.165) is 10.9 Å². The van der Waals surface area contributed by atoms with E-state index in [9.17, 15) is 27.9 Å². The first-order valence-electron chi connectivity index (χ1n) is 7.17. The van der Waals surface area contributed by atoms with Crippen LogP contribution in [0.25, 0.3) is 11.2 Å². The van der Waals surface area contributed by atoms with Gasteiger partial charge >= 0.3 is 14.0 Å². The normalized spacial score (nSPS) is 26.8. The largest absolute Gasteiger partial charge is 0.469 e. The van der Waals surface area contributed by atoms with Crippen molar-refractivity contribution in [3.05, 3.63) is 12.2 Å². The van der Waals surface area contributed by atoms with Crippen molar-refractivity contribution >= 4 is 24.8 Å². The van der Waals surface area contributed by atoms with E-state index < -0.39 is 62.4 Å². The molecule has 0 aromatic carbocycles. The summed E-state index contributed by atoms with van der Waals surface area (Å²) >= 11 is 0. The number of aliphatic hydroxyl groups is 2. The molecule has 3 heterocycles. The summed E-state index contributed by atoms with van der Waals surface area (Å²) in [4.78, 5) is 27.6. The van der Waals surface area contributed by atoms with Gasteiger partial charge in [0.25, 0.3) is 0 Å². The minimum Gasteiger partial charge on any atom is -0.387 e. The topological polar surface area (TPSA) is 186 Å². The molecule has 1 fully saturated rings. The Labute approximate surface area is 147 Å². The molecule has 1 saturated heterocycles. The third-order valence-corrected chi connectivity index (χ3v) is 4.21. The average molecular weight is 415 g/mol. The number of imidazole rings is 1. The van der Waals surface area contributed by atoms with Gasteiger partial charge in [0.2, 0.25) is 5.82 Å². The molecule has 16 heteroatoms. The molecular weight excluding hydrogens is 402 g/mol. The van der Waals surface area contributed by atoms with Gasteiger partial charge in [-0.25, -0.2) is 19.5 Å². The highest BCUT2D eigenvalue weighted by molar-refractivity contribution is 7.46. The van der Waals surface area contributed by atoms with Crippen LogP contribution in [0.5, 0.6) is 0 Å². The predicted molar refractivity (Wildman–Crippen MR) is 78.7 cm³/mol. The van der Waals surface area contributed by atoms with Crippen LogP contribution in [0, 0.1) is 0 Å². The van der Waals surface area contributed by atoms with Crippen molar-refractivity contribution in [2.24, 2.45) is 0 Å². The summed E-state index contributed by atoms with van der Waals surface area (Å²) in [6, 6.07) is 0. The lowest BCUT2D eigenvalue weighted by atomic mass is 10.1. The number of aliphatic hydroxyl groups excluding tert-OH is 2. The van der Waals surface area contributed by atoms with E-state index in [2.05, 4.69) is 19.5 Å². The summed E-state index contributed by atoms with van der Waals surface area (Å²) in [5.74, 6) is -2.09. The molecule has 2 aromatic heterocycles. The Bertz CT molecular complexity index is 902. The number of aromatic nitrogens is 4. The van der Waals surface area contributed by atoms with E-state index >= 15 is 0 Å². The van der Waals surface area contributed by atoms with Crippen LogP contribution in [-0.4, -0.2) is 64.4 Å². The Morgan fingerprint density at radius 3 is 2.56 bits per heavy atom. The molecule has 0 bridgehead atoms. The van der Waals surface area contributed by atoms with Gasteiger partial charge in [-0.3, -0.25) is 9.09 Å². The minimum atomic E-state index is -4.90. The number of hydrogen-bond donors (Lipinski definition) is 5. The van der Waals surface area contributed by atoms with Crippen molar-refractivity contribution in [2.45, 2.75) is 30.7 Å². The maximum Gasteiger partial charge on any atom is 0.469 e. The third-order valence-electron chi connectivity index (χ3n) is 3.72. The first-order chi connectivity index (χ1) is 12.4. The Kier molecular flexibility index (Phi) is 4.88. The molecule has 0 unspecified atom stereocenters. The summed E-state index contributed by atoms with van der Waals surface area (Å²) in [7, 11) is -4.87. The van der Waals surface area contributed by atoms with E-state index in [4.69, 9.17) is 20.3 Å². The van der Waals surface area contributed by atoms with Crippen molar-refractivity contribution in [1.82, 2.24) is 19.5 Å². The minimum absolute atomic E-state index is 0.191. The van der Waals surface area contributed by atoms with Crippen LogP contribution in [0.15, 0.2) is 6.33 Å². The molecule has 0 saturated carbocycles. The summed E-state index contributed by atoms with van der Waals surface area (Å²) < 4.78 is 59.8. The van der Waals surface area contributed by atoms with E-state index in [1.807, 2.05) is 0 Å². The standard InChI is InChI=1S/C11H13F3N5O7P/c12-11(13,14)10-17-7(15)4-8(18-10)19(2-16-4)9-6(21)5(20)3(26-9)1-25-27(22,23)24/h2-3,5-6,9,20-21H,1H2,(H2,15,17,18)(H2,22,23,24)/t3-,5-,6-,9-/m1/s1. The number of alkyl halides is 3. The number of phosphoric ester groups is 1. The van der Waals surface area contributed by atoms with Crippen molar-refractivity contribution in [1.29, 1.82) is 0 Å². The first-order valence-corrected chi connectivity index (χ1v) is 8.70. The fourth-order valence-corrected chi connectivity index (χ4v) is 2.86. The van der Waals surface area contributed by atoms with E-state index in [1.165, 1.54) is 0 Å². The van der Waals surface area contributed by atoms with Crippen molar-refractivity contribution in [3.8, 4) is 0 Å². The second kappa shape index (κ2) is 6.63. The molecular formula is C11H13F3N5O7P. The molecule has 3 rings (SSSR count). The SMILES string of the molecule is Nc1nc(C(F)(F)F)nc2c1ncn2[C@@H]1O[C@H](COP(=O)(O)O)[C@@H](O)[C@H]1O. The van der Waals surface area contributed by atoms with Gasteiger partial charge in [-0.2, -0.15) is 13.2 Å². The lowest BCUT2D eigenvalue weighted by Crippen LogP contribution is -2.33. The second-order valence-corrected chi connectivity index (χ2v) is 6.83. The second-order valence-electron chi connectivity index (χ2n) is 5.59. The van der Waals surface area contributed by atoms with E-state index in [0.29, 0.717) is 0 Å². The maximum atomic E-state index is 12.9. The van der Waals surface area contributed by atoms with Crippen LogP contribution in [-0.2, 0) is 20.0 Å². The number of fused-ring (bicyclic) bond motifs is 1. The molecule has 0 radical (unpaired) electrons. The summed E-state index contributed by atoms with van der Waals surface area (Å²) in [6.07, 6.45) is -10.1. The summed E-state index contributed by atoms with van der Waals surface area (Å²) in [5, 5.41) is 20.1. The Balaban J connectivity index is 1.95.